The van der Waals surface area contributed by atoms with Crippen molar-refractivity contribution in [3.63, 3.8) is 0 Å². The number of hydrogen-bond donors (Lipinski definition) is 3. The fourth-order valence-corrected chi connectivity index (χ4v) is 5.28. The number of aliphatic hydroxyl groups is 2. The van der Waals surface area contributed by atoms with E-state index in [2.05, 4.69) is 15.2 Å². The number of fused-ring (bicyclic) bond motifs is 1. The van der Waals surface area contributed by atoms with Crippen molar-refractivity contribution in [1.82, 2.24) is 15.2 Å². The number of nitrogens with two attached hydrogens (primary N) is 1. The zero-order valence-corrected chi connectivity index (χ0v) is 23.0. The van der Waals surface area contributed by atoms with E-state index in [9.17, 15) is 19.4 Å². The van der Waals surface area contributed by atoms with Gasteiger partial charge in [0.1, 0.15) is 28.4 Å². The largest absolute Gasteiger partial charge is 0.494 e. The molecule has 0 radical (unpaired) electrons. The number of carbonyl (C=O) groups is 1. The van der Waals surface area contributed by atoms with E-state index in [1.807, 2.05) is 0 Å². The number of methoxy groups -OCH3 is 1. The van der Waals surface area contributed by atoms with Crippen molar-refractivity contribution in [2.24, 2.45) is 5.73 Å². The fourth-order valence-electron chi connectivity index (χ4n) is 5.28. The summed E-state index contributed by atoms with van der Waals surface area (Å²) in [4.78, 5) is 16.7. The van der Waals surface area contributed by atoms with E-state index >= 15 is 4.39 Å². The number of aryl methyl sites for hydroxylation is 1. The van der Waals surface area contributed by atoms with Gasteiger partial charge in [-0.2, -0.15) is 5.10 Å². The number of benzene rings is 2. The molecule has 0 saturated carbocycles. The topological polar surface area (TPSA) is 141 Å². The molecule has 1 fully saturated rings. The van der Waals surface area contributed by atoms with Crippen LogP contribution in [0.15, 0.2) is 42.5 Å². The summed E-state index contributed by atoms with van der Waals surface area (Å²) in [5, 5.41) is 31.4. The van der Waals surface area contributed by atoms with Gasteiger partial charge in [0, 0.05) is 28.5 Å². The van der Waals surface area contributed by atoms with E-state index in [-0.39, 0.29) is 53.3 Å². The van der Waals surface area contributed by atoms with E-state index < -0.39 is 34.8 Å². The number of ether oxygens (including phenoxy) is 2. The minimum atomic E-state index is -1.63. The van der Waals surface area contributed by atoms with Crippen LogP contribution in [0.4, 0.5) is 8.78 Å². The molecule has 2 aromatic heterocycles. The van der Waals surface area contributed by atoms with Crippen LogP contribution in [0.3, 0.4) is 0 Å². The average Bonchev–Trinajstić information content (AvgIpc) is 3.30. The maximum absolute atomic E-state index is 15.9. The highest BCUT2D eigenvalue weighted by Gasteiger charge is 2.48. The molecule has 2 unspecified atom stereocenters. The molecule has 0 bridgehead atoms. The van der Waals surface area contributed by atoms with Crippen LogP contribution in [0.5, 0.6) is 5.75 Å². The Morgan fingerprint density at radius 3 is 2.49 bits per heavy atom. The van der Waals surface area contributed by atoms with Gasteiger partial charge in [0.2, 0.25) is 5.91 Å². The van der Waals surface area contributed by atoms with Gasteiger partial charge in [-0.3, -0.25) is 4.79 Å². The molecular weight excluding hydrogens is 534 g/mol. The smallest absolute Gasteiger partial charge is 0.248 e. The van der Waals surface area contributed by atoms with E-state index in [4.69, 9.17) is 15.2 Å². The zero-order chi connectivity index (χ0) is 29.7. The third-order valence-corrected chi connectivity index (χ3v) is 7.54. The number of pyridine rings is 1. The van der Waals surface area contributed by atoms with Crippen LogP contribution in [0.1, 0.15) is 53.1 Å². The van der Waals surface area contributed by atoms with Crippen LogP contribution in [-0.4, -0.2) is 51.1 Å². The molecule has 4 N–H and O–H groups in total. The Hall–Kier alpha value is -4.06. The Morgan fingerprint density at radius 2 is 1.90 bits per heavy atom. The van der Waals surface area contributed by atoms with E-state index in [1.54, 1.807) is 13.0 Å². The maximum atomic E-state index is 15.9. The SMILES string of the molecule is COc1cc(C(N)=O)cc2c(CC3(c4cc(C(C)(C)O)c(F)c(-c5ccc(F)cc5)n4)OCCC3O)c(C)nnc12. The quantitative estimate of drug-likeness (QED) is 0.308. The second-order valence-corrected chi connectivity index (χ2v) is 10.7. The average molecular weight is 565 g/mol. The highest BCUT2D eigenvalue weighted by atomic mass is 19.1. The summed E-state index contributed by atoms with van der Waals surface area (Å²) in [7, 11) is 1.43. The van der Waals surface area contributed by atoms with Crippen LogP contribution < -0.4 is 10.5 Å². The number of primary amides is 1. The molecule has 214 valence electrons. The number of nitrogens with zero attached hydrogens (tertiary/aromatic N) is 3. The van der Waals surface area contributed by atoms with Crippen LogP contribution in [0, 0.1) is 18.6 Å². The number of amides is 1. The Kier molecular flexibility index (Phi) is 7.22. The number of rotatable bonds is 7. The van der Waals surface area contributed by atoms with Crippen molar-refractivity contribution in [3.8, 4) is 17.0 Å². The number of aliphatic hydroxyl groups excluding tert-OH is 1. The summed E-state index contributed by atoms with van der Waals surface area (Å²) in [6, 6.07) is 9.59. The van der Waals surface area contributed by atoms with Crippen molar-refractivity contribution in [3.05, 3.63) is 82.2 Å². The van der Waals surface area contributed by atoms with Gasteiger partial charge in [0.15, 0.2) is 5.82 Å². The molecule has 41 heavy (non-hydrogen) atoms. The monoisotopic (exact) mass is 564 g/mol. The standard InChI is InChI=1S/C30H30F2N4O5/c1-15-20(19-11-17(28(33)38)12-22(40-4)27(19)36-35-15)14-30(24(37)9-10-41-30)23-13-21(29(2,3)39)25(32)26(34-23)16-5-7-18(31)8-6-16/h5-8,11-13,24,37,39H,9-10,14H2,1-4H3,(H2,33,38). The van der Waals surface area contributed by atoms with Crippen LogP contribution in [0.2, 0.25) is 0 Å². The number of carbonyl (C=O) groups excluding carboxylic acids is 1. The van der Waals surface area contributed by atoms with Gasteiger partial charge >= 0.3 is 0 Å². The van der Waals surface area contributed by atoms with Gasteiger partial charge in [-0.1, -0.05) is 0 Å². The predicted octanol–water partition coefficient (Wildman–Crippen LogP) is 3.83. The molecular formula is C30H30F2N4O5. The van der Waals surface area contributed by atoms with Crippen LogP contribution >= 0.6 is 0 Å². The molecule has 4 aromatic rings. The molecule has 1 aliphatic rings. The maximum Gasteiger partial charge on any atom is 0.248 e. The van der Waals surface area contributed by atoms with Gasteiger partial charge in [-0.25, -0.2) is 13.8 Å². The Bertz CT molecular complexity index is 1660. The molecule has 11 heteroatoms. The van der Waals surface area contributed by atoms with E-state index in [0.717, 1.165) is 0 Å². The van der Waals surface area contributed by atoms with Gasteiger partial charge in [0.25, 0.3) is 0 Å². The molecule has 3 heterocycles. The van der Waals surface area contributed by atoms with Crippen molar-refractivity contribution < 1.29 is 33.3 Å². The first-order chi connectivity index (χ1) is 19.4. The molecule has 1 aliphatic heterocycles. The molecule has 9 nitrogen and oxygen atoms in total. The molecule has 1 saturated heterocycles. The van der Waals surface area contributed by atoms with Gasteiger partial charge in [0.05, 0.1) is 36.8 Å². The lowest BCUT2D eigenvalue weighted by atomic mass is 9.82. The summed E-state index contributed by atoms with van der Waals surface area (Å²) < 4.78 is 41.2. The minimum Gasteiger partial charge on any atom is -0.494 e. The van der Waals surface area contributed by atoms with Gasteiger partial charge in [-0.15, -0.1) is 5.10 Å². The lowest BCUT2D eigenvalue weighted by Crippen LogP contribution is -2.40. The van der Waals surface area contributed by atoms with Crippen molar-refractivity contribution in [1.29, 1.82) is 0 Å². The van der Waals surface area contributed by atoms with E-state index in [0.29, 0.717) is 22.2 Å². The van der Waals surface area contributed by atoms with Crippen LogP contribution in [-0.2, 0) is 22.4 Å². The highest BCUT2D eigenvalue weighted by molar-refractivity contribution is 6.00. The van der Waals surface area contributed by atoms with E-state index in [1.165, 1.54) is 57.4 Å². The third kappa shape index (κ3) is 5.01. The Morgan fingerprint density at radius 1 is 1.20 bits per heavy atom. The van der Waals surface area contributed by atoms with Crippen molar-refractivity contribution in [2.75, 3.05) is 13.7 Å². The zero-order valence-electron chi connectivity index (χ0n) is 23.0. The van der Waals surface area contributed by atoms with Gasteiger partial charge in [-0.05, 0) is 75.2 Å². The molecule has 1 amide bonds. The lowest BCUT2D eigenvalue weighted by molar-refractivity contribution is -0.0661. The van der Waals surface area contributed by atoms with Crippen molar-refractivity contribution >= 4 is 16.8 Å². The molecule has 0 aliphatic carbocycles. The summed E-state index contributed by atoms with van der Waals surface area (Å²) in [5.74, 6) is -1.66. The first-order valence-electron chi connectivity index (χ1n) is 13.0. The number of halogens is 2. The minimum absolute atomic E-state index is 0.00414. The highest BCUT2D eigenvalue weighted by Crippen LogP contribution is 2.43. The number of hydrogen-bond acceptors (Lipinski definition) is 8. The molecule has 5 rings (SSSR count). The van der Waals surface area contributed by atoms with Gasteiger partial charge < -0.3 is 25.4 Å². The lowest BCUT2D eigenvalue weighted by Gasteiger charge is -2.34. The predicted molar refractivity (Wildman–Crippen MR) is 146 cm³/mol. The summed E-state index contributed by atoms with van der Waals surface area (Å²) in [6.07, 6.45) is -0.821. The molecule has 2 aromatic carbocycles. The normalized spacial score (nSPS) is 19.1. The second kappa shape index (κ2) is 10.4. The first kappa shape index (κ1) is 28.5. The summed E-state index contributed by atoms with van der Waals surface area (Å²) in [5.41, 5.74) is 4.33. The fraction of sp³-hybridized carbons (Fsp3) is 0.333. The molecule has 0 spiro atoms. The molecule has 2 atom stereocenters. The van der Waals surface area contributed by atoms with Crippen LogP contribution in [0.25, 0.3) is 22.2 Å². The second-order valence-electron chi connectivity index (χ2n) is 10.7. The Balaban J connectivity index is 1.78. The first-order valence-corrected chi connectivity index (χ1v) is 13.0. The summed E-state index contributed by atoms with van der Waals surface area (Å²) >= 11 is 0. The van der Waals surface area contributed by atoms with Crippen molar-refractivity contribution in [2.45, 2.75) is 50.9 Å². The Labute approximate surface area is 235 Å². The summed E-state index contributed by atoms with van der Waals surface area (Å²) in [6.45, 7) is 4.77. The third-order valence-electron chi connectivity index (χ3n) is 7.54. The number of aromatic nitrogens is 3.